The number of carboxylic acids is 2. The summed E-state index contributed by atoms with van der Waals surface area (Å²) in [6, 6.07) is 8.60. The molecule has 0 spiro atoms. The monoisotopic (exact) mass is 615 g/mol. The van der Waals surface area contributed by atoms with Gasteiger partial charge >= 0.3 is 11.9 Å². The first-order valence-corrected chi connectivity index (χ1v) is 14.1. The molecule has 2 N–H and O–H groups in total. The highest BCUT2D eigenvalue weighted by Crippen LogP contribution is 2.41. The number of allylic oxidation sites excluding steroid dienone is 2. The van der Waals surface area contributed by atoms with Gasteiger partial charge < -0.3 is 15.1 Å². The first-order chi connectivity index (χ1) is 18.3. The SMILES string of the molecule is CCC(CC[C@@]1(OS(=O)(=O)c2cc(Cl)c(Cl)cc2Cl)C=C/C(=N/OC)C=C1C(=O)O)c1ccccc1C(=O)O. The zero-order valence-corrected chi connectivity index (χ0v) is 23.8. The van der Waals surface area contributed by atoms with Crippen molar-refractivity contribution < 1.29 is 37.2 Å². The molecule has 39 heavy (non-hydrogen) atoms. The summed E-state index contributed by atoms with van der Waals surface area (Å²) in [7, 11) is -3.45. The predicted octanol–water partition coefficient (Wildman–Crippen LogP) is 6.35. The molecule has 1 aliphatic rings. The van der Waals surface area contributed by atoms with Gasteiger partial charge in [-0.15, -0.1) is 0 Å². The van der Waals surface area contributed by atoms with E-state index in [1.54, 1.807) is 18.2 Å². The largest absolute Gasteiger partial charge is 0.478 e. The number of aromatic carboxylic acids is 1. The van der Waals surface area contributed by atoms with Crippen LogP contribution in [0.4, 0.5) is 0 Å². The van der Waals surface area contributed by atoms with Gasteiger partial charge in [-0.2, -0.15) is 8.42 Å². The Kier molecular flexibility index (Phi) is 9.84. The summed E-state index contributed by atoms with van der Waals surface area (Å²) < 4.78 is 32.7. The molecule has 3 rings (SSSR count). The molecule has 0 heterocycles. The first kappa shape index (κ1) is 30.6. The van der Waals surface area contributed by atoms with Crippen molar-refractivity contribution in [2.24, 2.45) is 5.16 Å². The van der Waals surface area contributed by atoms with Gasteiger partial charge in [-0.25, -0.2) is 9.59 Å². The van der Waals surface area contributed by atoms with Crippen molar-refractivity contribution in [3.8, 4) is 0 Å². The van der Waals surface area contributed by atoms with E-state index in [1.165, 1.54) is 25.3 Å². The van der Waals surface area contributed by atoms with Crippen molar-refractivity contribution in [1.29, 1.82) is 0 Å². The second-order valence-electron chi connectivity index (χ2n) is 8.56. The normalized spacial score (nSPS) is 19.0. The van der Waals surface area contributed by atoms with Gasteiger partial charge in [0.2, 0.25) is 0 Å². The minimum absolute atomic E-state index is 0.0160. The van der Waals surface area contributed by atoms with E-state index in [4.69, 9.17) is 43.8 Å². The Hall–Kier alpha value is -2.89. The van der Waals surface area contributed by atoms with E-state index < -0.39 is 38.1 Å². The lowest BCUT2D eigenvalue weighted by molar-refractivity contribution is -0.134. The maximum atomic E-state index is 13.5. The van der Waals surface area contributed by atoms with E-state index in [0.29, 0.717) is 12.0 Å². The number of nitrogens with zero attached hydrogens (tertiary/aromatic N) is 1. The Morgan fingerprint density at radius 3 is 2.33 bits per heavy atom. The molecule has 0 aromatic heterocycles. The predicted molar refractivity (Wildman–Crippen MR) is 147 cm³/mol. The number of hydrogen-bond donors (Lipinski definition) is 2. The second kappa shape index (κ2) is 12.5. The topological polar surface area (TPSA) is 140 Å². The molecular formula is C26H24Cl3NO8S. The van der Waals surface area contributed by atoms with Gasteiger partial charge in [-0.1, -0.05) is 65.1 Å². The summed E-state index contributed by atoms with van der Waals surface area (Å²) >= 11 is 18.1. The van der Waals surface area contributed by atoms with Crippen LogP contribution in [0.25, 0.3) is 0 Å². The van der Waals surface area contributed by atoms with Gasteiger partial charge in [0.25, 0.3) is 10.1 Å². The van der Waals surface area contributed by atoms with Crippen LogP contribution in [-0.2, 0) is 23.9 Å². The highest BCUT2D eigenvalue weighted by atomic mass is 35.5. The van der Waals surface area contributed by atoms with Crippen molar-refractivity contribution >= 4 is 62.6 Å². The summed E-state index contributed by atoms with van der Waals surface area (Å²) in [4.78, 5) is 28.5. The molecule has 2 aromatic carbocycles. The summed E-state index contributed by atoms with van der Waals surface area (Å²) in [6.45, 7) is 1.84. The number of rotatable bonds is 11. The molecule has 0 saturated heterocycles. The van der Waals surface area contributed by atoms with Crippen molar-refractivity contribution in [3.05, 3.63) is 86.4 Å². The minimum Gasteiger partial charge on any atom is -0.478 e. The van der Waals surface area contributed by atoms with Gasteiger partial charge in [0, 0.05) is 0 Å². The average Bonchev–Trinajstić information content (AvgIpc) is 2.87. The third kappa shape index (κ3) is 6.82. The van der Waals surface area contributed by atoms with Crippen LogP contribution in [0.15, 0.2) is 70.3 Å². The van der Waals surface area contributed by atoms with Crippen molar-refractivity contribution in [1.82, 2.24) is 0 Å². The van der Waals surface area contributed by atoms with Gasteiger partial charge in [0.05, 0.1) is 26.2 Å². The maximum Gasteiger partial charge on any atom is 0.335 e. The lowest BCUT2D eigenvalue weighted by atomic mass is 9.79. The third-order valence-corrected chi connectivity index (χ3v) is 8.73. The standard InChI is InChI=1S/C26H24Cl3NO8S/c1-3-15(17-6-4-5-7-18(17)24(31)32)8-10-26(11-9-16(30-37-2)12-19(26)25(33)34)38-39(35,36)23-14-21(28)20(27)13-22(23)29/h4-7,9,11-15H,3,8,10H2,1-2H3,(H,31,32)(H,33,34)/b30-16-/t15?,26-/m1/s1. The van der Waals surface area contributed by atoms with Crippen LogP contribution >= 0.6 is 34.8 Å². The second-order valence-corrected chi connectivity index (χ2v) is 11.3. The quantitative estimate of drug-likeness (QED) is 0.169. The van der Waals surface area contributed by atoms with E-state index in [2.05, 4.69) is 5.16 Å². The number of halogens is 3. The molecule has 0 radical (unpaired) electrons. The summed E-state index contributed by atoms with van der Waals surface area (Å²) in [5.74, 6) is -2.94. The highest BCUT2D eigenvalue weighted by Gasteiger charge is 2.44. The van der Waals surface area contributed by atoms with Crippen LogP contribution in [0, 0.1) is 0 Å². The number of benzene rings is 2. The summed E-state index contributed by atoms with van der Waals surface area (Å²) in [6.07, 6.45) is 4.27. The number of hydrogen-bond acceptors (Lipinski definition) is 7. The molecule has 0 amide bonds. The maximum absolute atomic E-state index is 13.5. The number of carbonyl (C=O) groups is 2. The van der Waals surface area contributed by atoms with Crippen LogP contribution < -0.4 is 0 Å². The zero-order valence-electron chi connectivity index (χ0n) is 20.7. The molecule has 0 aliphatic heterocycles. The fourth-order valence-electron chi connectivity index (χ4n) is 4.32. The van der Waals surface area contributed by atoms with E-state index in [9.17, 15) is 28.2 Å². The molecule has 0 fully saturated rings. The number of aliphatic carboxylic acids is 1. The van der Waals surface area contributed by atoms with Crippen LogP contribution in [0.5, 0.6) is 0 Å². The van der Waals surface area contributed by atoms with Crippen molar-refractivity contribution in [3.63, 3.8) is 0 Å². The third-order valence-electron chi connectivity index (χ3n) is 6.19. The lowest BCUT2D eigenvalue weighted by Crippen LogP contribution is -2.41. The summed E-state index contributed by atoms with van der Waals surface area (Å²) in [5, 5.41) is 23.1. The van der Waals surface area contributed by atoms with E-state index in [-0.39, 0.29) is 45.1 Å². The zero-order chi connectivity index (χ0) is 29.0. The first-order valence-electron chi connectivity index (χ1n) is 11.5. The summed E-state index contributed by atoms with van der Waals surface area (Å²) in [5.41, 5.74) is -1.71. The fraction of sp³-hybridized carbons (Fsp3) is 0.269. The Morgan fingerprint density at radius 2 is 1.72 bits per heavy atom. The number of oxime groups is 1. The highest BCUT2D eigenvalue weighted by molar-refractivity contribution is 7.87. The molecule has 1 unspecified atom stereocenters. The van der Waals surface area contributed by atoms with Gasteiger partial charge in [0.1, 0.15) is 23.3 Å². The molecule has 208 valence electrons. The van der Waals surface area contributed by atoms with Crippen LogP contribution in [0.3, 0.4) is 0 Å². The van der Waals surface area contributed by atoms with Gasteiger partial charge in [-0.3, -0.25) is 4.18 Å². The Labute approximate surface area is 240 Å². The van der Waals surface area contributed by atoms with Gasteiger partial charge in [-0.05, 0) is 67.2 Å². The van der Waals surface area contributed by atoms with E-state index in [1.807, 2.05) is 6.92 Å². The van der Waals surface area contributed by atoms with Crippen LogP contribution in [-0.4, -0.2) is 49.0 Å². The van der Waals surface area contributed by atoms with Crippen molar-refractivity contribution in [2.75, 3.05) is 7.11 Å². The van der Waals surface area contributed by atoms with Gasteiger partial charge in [0.15, 0.2) is 0 Å². The molecule has 2 atom stereocenters. The molecule has 0 saturated carbocycles. The van der Waals surface area contributed by atoms with Crippen LogP contribution in [0.2, 0.25) is 15.1 Å². The number of carboxylic acid groups (broad SMARTS) is 2. The average molecular weight is 617 g/mol. The van der Waals surface area contributed by atoms with Crippen LogP contribution in [0.1, 0.15) is 48.0 Å². The Balaban J connectivity index is 2.12. The Bertz CT molecular complexity index is 1490. The minimum atomic E-state index is -4.72. The van der Waals surface area contributed by atoms with E-state index in [0.717, 1.165) is 18.2 Å². The molecule has 2 aromatic rings. The molecule has 1 aliphatic carbocycles. The molecule has 0 bridgehead atoms. The molecule has 13 heteroatoms. The molecule has 9 nitrogen and oxygen atoms in total. The van der Waals surface area contributed by atoms with Crippen molar-refractivity contribution in [2.45, 2.75) is 42.6 Å². The smallest absolute Gasteiger partial charge is 0.335 e. The lowest BCUT2D eigenvalue weighted by Gasteiger charge is -2.34. The Morgan fingerprint density at radius 1 is 1.05 bits per heavy atom. The molecular weight excluding hydrogens is 593 g/mol. The fourth-order valence-corrected chi connectivity index (χ4v) is 6.48. The van der Waals surface area contributed by atoms with E-state index >= 15 is 0 Å².